The Morgan fingerprint density at radius 2 is 2.13 bits per heavy atom. The zero-order chi connectivity index (χ0) is 10.5. The number of rotatable bonds is 4. The second-order valence-electron chi connectivity index (χ2n) is 3.58. The first kappa shape index (κ1) is 10.6. The van der Waals surface area contributed by atoms with Crippen molar-refractivity contribution in [3.8, 4) is 0 Å². The molecular weight excluding hydrogens is 192 g/mol. The standard InChI is InChI=1S/C12H16O3/c1-13-8-7-12-14-9-11(15-12)10-5-3-2-4-6-10/h2-6,11-12H,7-9H2,1H3/t11-,12-/m1/s1. The molecule has 0 saturated carbocycles. The average Bonchev–Trinajstić information content (AvgIpc) is 2.76. The van der Waals surface area contributed by atoms with Gasteiger partial charge in [-0.25, -0.2) is 0 Å². The van der Waals surface area contributed by atoms with Gasteiger partial charge in [0, 0.05) is 13.5 Å². The van der Waals surface area contributed by atoms with E-state index in [9.17, 15) is 0 Å². The molecule has 15 heavy (non-hydrogen) atoms. The van der Waals surface area contributed by atoms with E-state index in [-0.39, 0.29) is 12.4 Å². The van der Waals surface area contributed by atoms with Crippen LogP contribution in [0.1, 0.15) is 18.1 Å². The van der Waals surface area contributed by atoms with Crippen molar-refractivity contribution in [1.82, 2.24) is 0 Å². The summed E-state index contributed by atoms with van der Waals surface area (Å²) in [5.41, 5.74) is 1.18. The molecule has 2 atom stereocenters. The van der Waals surface area contributed by atoms with Crippen molar-refractivity contribution in [2.45, 2.75) is 18.8 Å². The maximum Gasteiger partial charge on any atom is 0.160 e. The fraction of sp³-hybridized carbons (Fsp3) is 0.500. The third-order valence-corrected chi connectivity index (χ3v) is 2.48. The van der Waals surface area contributed by atoms with Crippen LogP contribution in [0.5, 0.6) is 0 Å². The molecule has 3 heteroatoms. The summed E-state index contributed by atoms with van der Waals surface area (Å²) in [5, 5.41) is 0. The molecule has 0 radical (unpaired) electrons. The summed E-state index contributed by atoms with van der Waals surface area (Å²) in [6.07, 6.45) is 0.753. The monoisotopic (exact) mass is 208 g/mol. The van der Waals surface area contributed by atoms with Gasteiger partial charge < -0.3 is 14.2 Å². The van der Waals surface area contributed by atoms with Crippen molar-refractivity contribution >= 4 is 0 Å². The third-order valence-electron chi connectivity index (χ3n) is 2.48. The summed E-state index contributed by atoms with van der Waals surface area (Å²) >= 11 is 0. The van der Waals surface area contributed by atoms with E-state index in [1.54, 1.807) is 7.11 Å². The van der Waals surface area contributed by atoms with Crippen LogP contribution in [-0.2, 0) is 14.2 Å². The Balaban J connectivity index is 1.87. The van der Waals surface area contributed by atoms with E-state index in [1.807, 2.05) is 18.2 Å². The number of ether oxygens (including phenoxy) is 3. The van der Waals surface area contributed by atoms with E-state index < -0.39 is 0 Å². The molecule has 0 aromatic heterocycles. The molecule has 0 amide bonds. The van der Waals surface area contributed by atoms with Crippen LogP contribution in [0.15, 0.2) is 30.3 Å². The molecule has 0 bridgehead atoms. The summed E-state index contributed by atoms with van der Waals surface area (Å²) < 4.78 is 16.3. The predicted octanol–water partition coefficient (Wildman–Crippen LogP) is 2.14. The topological polar surface area (TPSA) is 27.7 Å². The van der Waals surface area contributed by atoms with E-state index in [4.69, 9.17) is 14.2 Å². The highest BCUT2D eigenvalue weighted by Crippen LogP contribution is 2.27. The van der Waals surface area contributed by atoms with Gasteiger partial charge in [0.05, 0.1) is 13.2 Å². The van der Waals surface area contributed by atoms with Crippen molar-refractivity contribution in [1.29, 1.82) is 0 Å². The molecule has 1 heterocycles. The molecule has 1 aliphatic heterocycles. The van der Waals surface area contributed by atoms with E-state index in [0.29, 0.717) is 13.2 Å². The van der Waals surface area contributed by atoms with Crippen molar-refractivity contribution in [3.63, 3.8) is 0 Å². The zero-order valence-corrected chi connectivity index (χ0v) is 8.89. The fourth-order valence-corrected chi connectivity index (χ4v) is 1.66. The first-order valence-electron chi connectivity index (χ1n) is 5.21. The minimum absolute atomic E-state index is 0.0769. The Labute approximate surface area is 90.0 Å². The number of hydrogen-bond donors (Lipinski definition) is 0. The Kier molecular flexibility index (Phi) is 3.72. The Bertz CT molecular complexity index is 286. The molecule has 82 valence electrons. The normalized spacial score (nSPS) is 25.7. The molecule has 3 nitrogen and oxygen atoms in total. The van der Waals surface area contributed by atoms with Gasteiger partial charge in [-0.3, -0.25) is 0 Å². The van der Waals surface area contributed by atoms with Gasteiger partial charge in [0.25, 0.3) is 0 Å². The smallest absolute Gasteiger partial charge is 0.160 e. The Hall–Kier alpha value is -0.900. The molecule has 1 aliphatic rings. The Morgan fingerprint density at radius 1 is 1.33 bits per heavy atom. The molecule has 2 rings (SSSR count). The van der Waals surface area contributed by atoms with Gasteiger partial charge in [-0.15, -0.1) is 0 Å². The second kappa shape index (κ2) is 5.26. The van der Waals surface area contributed by atoms with Crippen LogP contribution in [0.4, 0.5) is 0 Å². The van der Waals surface area contributed by atoms with Gasteiger partial charge in [0.2, 0.25) is 0 Å². The molecule has 1 aromatic rings. The van der Waals surface area contributed by atoms with Gasteiger partial charge in [-0.1, -0.05) is 30.3 Å². The van der Waals surface area contributed by atoms with Crippen LogP contribution in [0.2, 0.25) is 0 Å². The van der Waals surface area contributed by atoms with Gasteiger partial charge in [0.15, 0.2) is 6.29 Å². The third kappa shape index (κ3) is 2.78. The van der Waals surface area contributed by atoms with Crippen LogP contribution in [0.3, 0.4) is 0 Å². The maximum absolute atomic E-state index is 5.75. The molecular formula is C12H16O3. The highest BCUT2D eigenvalue weighted by molar-refractivity contribution is 5.18. The van der Waals surface area contributed by atoms with Crippen LogP contribution in [-0.4, -0.2) is 26.6 Å². The average molecular weight is 208 g/mol. The molecule has 0 aliphatic carbocycles. The Morgan fingerprint density at radius 3 is 2.87 bits per heavy atom. The van der Waals surface area contributed by atoms with Crippen molar-refractivity contribution in [2.24, 2.45) is 0 Å². The minimum Gasteiger partial charge on any atom is -0.384 e. The molecule has 1 saturated heterocycles. The van der Waals surface area contributed by atoms with Gasteiger partial charge in [0.1, 0.15) is 6.10 Å². The van der Waals surface area contributed by atoms with E-state index in [0.717, 1.165) is 6.42 Å². The van der Waals surface area contributed by atoms with E-state index in [1.165, 1.54) is 5.56 Å². The lowest BCUT2D eigenvalue weighted by Crippen LogP contribution is -2.10. The molecule has 0 spiro atoms. The fourth-order valence-electron chi connectivity index (χ4n) is 1.66. The highest BCUT2D eigenvalue weighted by atomic mass is 16.7. The van der Waals surface area contributed by atoms with Crippen LogP contribution in [0.25, 0.3) is 0 Å². The van der Waals surface area contributed by atoms with Crippen LogP contribution in [0, 0.1) is 0 Å². The summed E-state index contributed by atoms with van der Waals surface area (Å²) in [4.78, 5) is 0. The van der Waals surface area contributed by atoms with E-state index in [2.05, 4.69) is 12.1 Å². The molecule has 0 N–H and O–H groups in total. The number of benzene rings is 1. The van der Waals surface area contributed by atoms with Crippen molar-refractivity contribution < 1.29 is 14.2 Å². The molecule has 1 fully saturated rings. The maximum atomic E-state index is 5.75. The molecule has 1 aromatic carbocycles. The summed E-state index contributed by atoms with van der Waals surface area (Å²) in [7, 11) is 1.68. The van der Waals surface area contributed by atoms with Crippen molar-refractivity contribution in [2.75, 3.05) is 20.3 Å². The number of methoxy groups -OCH3 is 1. The van der Waals surface area contributed by atoms with Gasteiger partial charge in [-0.2, -0.15) is 0 Å². The van der Waals surface area contributed by atoms with Crippen molar-refractivity contribution in [3.05, 3.63) is 35.9 Å². The first-order chi connectivity index (χ1) is 7.40. The van der Waals surface area contributed by atoms with Gasteiger partial charge in [-0.05, 0) is 5.56 Å². The largest absolute Gasteiger partial charge is 0.384 e. The zero-order valence-electron chi connectivity index (χ0n) is 8.89. The lowest BCUT2D eigenvalue weighted by atomic mass is 10.1. The van der Waals surface area contributed by atoms with Crippen LogP contribution >= 0.6 is 0 Å². The second-order valence-corrected chi connectivity index (χ2v) is 3.58. The van der Waals surface area contributed by atoms with Gasteiger partial charge >= 0.3 is 0 Å². The SMILES string of the molecule is COCC[C@@H]1OC[C@H](c2ccccc2)O1. The van der Waals surface area contributed by atoms with Crippen LogP contribution < -0.4 is 0 Å². The predicted molar refractivity (Wildman–Crippen MR) is 56.5 cm³/mol. The number of hydrogen-bond acceptors (Lipinski definition) is 3. The quantitative estimate of drug-likeness (QED) is 0.758. The highest BCUT2D eigenvalue weighted by Gasteiger charge is 2.26. The minimum atomic E-state index is -0.116. The summed E-state index contributed by atoms with van der Waals surface area (Å²) in [5.74, 6) is 0. The lowest BCUT2D eigenvalue weighted by molar-refractivity contribution is -0.0727. The summed E-state index contributed by atoms with van der Waals surface area (Å²) in [6, 6.07) is 10.2. The van der Waals surface area contributed by atoms with E-state index >= 15 is 0 Å². The summed E-state index contributed by atoms with van der Waals surface area (Å²) in [6.45, 7) is 1.31. The first-order valence-corrected chi connectivity index (χ1v) is 5.21. The lowest BCUT2D eigenvalue weighted by Gasteiger charge is -2.10. The molecule has 0 unspecified atom stereocenters.